The molecule has 0 heterocycles. The van der Waals surface area contributed by atoms with E-state index in [-0.39, 0.29) is 5.41 Å². The lowest BCUT2D eigenvalue weighted by Crippen LogP contribution is -2.29. The summed E-state index contributed by atoms with van der Waals surface area (Å²) in [6, 6.07) is 44.1. The molecule has 0 aliphatic rings. The lowest BCUT2D eigenvalue weighted by Gasteiger charge is -2.36. The molecule has 1 unspecified atom stereocenters. The first-order valence-electron chi connectivity index (χ1n) is 16.1. The van der Waals surface area contributed by atoms with E-state index in [9.17, 15) is 0 Å². The molecule has 4 aromatic carbocycles. The summed E-state index contributed by atoms with van der Waals surface area (Å²) in [5.41, 5.74) is 5.27. The van der Waals surface area contributed by atoms with Crippen molar-refractivity contribution >= 4 is 0 Å². The zero-order valence-electron chi connectivity index (χ0n) is 25.2. The molecule has 0 bridgehead atoms. The van der Waals surface area contributed by atoms with Crippen molar-refractivity contribution in [2.45, 2.75) is 102 Å². The van der Waals surface area contributed by atoms with Crippen LogP contribution in [0.3, 0.4) is 0 Å². The SMILES string of the molecule is CCCCCCCCC(CCCCCC(c1ccccc1)(c1ccccc1)c1ccccc1)OCc1ccccc1. The Bertz CT molecular complexity index is 1090. The highest BCUT2D eigenvalue weighted by molar-refractivity contribution is 5.50. The molecule has 1 nitrogen and oxygen atoms in total. The number of unbranched alkanes of at least 4 members (excludes halogenated alkanes) is 7. The van der Waals surface area contributed by atoms with Gasteiger partial charge >= 0.3 is 0 Å². The molecule has 1 heteroatoms. The molecule has 0 fully saturated rings. The van der Waals surface area contributed by atoms with Crippen LogP contribution in [-0.2, 0) is 16.8 Å². The van der Waals surface area contributed by atoms with Crippen LogP contribution < -0.4 is 0 Å². The number of hydrogen-bond donors (Lipinski definition) is 0. The summed E-state index contributed by atoms with van der Waals surface area (Å²) in [7, 11) is 0. The number of hydrogen-bond acceptors (Lipinski definition) is 1. The molecule has 0 aliphatic heterocycles. The van der Waals surface area contributed by atoms with Gasteiger partial charge in [-0.25, -0.2) is 0 Å². The lowest BCUT2D eigenvalue weighted by molar-refractivity contribution is 0.0260. The van der Waals surface area contributed by atoms with Crippen molar-refractivity contribution in [3.63, 3.8) is 0 Å². The first-order chi connectivity index (χ1) is 20.3. The van der Waals surface area contributed by atoms with Crippen LogP contribution in [0.2, 0.25) is 0 Å². The third-order valence-corrected chi connectivity index (χ3v) is 8.59. The second-order valence-corrected chi connectivity index (χ2v) is 11.6. The number of benzene rings is 4. The maximum atomic E-state index is 6.51. The third kappa shape index (κ3) is 9.44. The molecule has 0 N–H and O–H groups in total. The predicted molar refractivity (Wildman–Crippen MR) is 175 cm³/mol. The Kier molecular flexibility index (Phi) is 13.2. The molecule has 0 radical (unpaired) electrons. The van der Waals surface area contributed by atoms with Crippen LogP contribution in [-0.4, -0.2) is 6.10 Å². The minimum atomic E-state index is -0.147. The van der Waals surface area contributed by atoms with E-state index in [4.69, 9.17) is 4.74 Å². The lowest BCUT2D eigenvalue weighted by atomic mass is 9.66. The van der Waals surface area contributed by atoms with Gasteiger partial charge in [0.05, 0.1) is 12.7 Å². The summed E-state index contributed by atoms with van der Waals surface area (Å²) in [6.45, 7) is 3.01. The van der Waals surface area contributed by atoms with Gasteiger partial charge in [0, 0.05) is 5.41 Å². The molecule has 0 spiro atoms. The molecule has 0 saturated carbocycles. The molecular weight excluding hydrogens is 496 g/mol. The van der Waals surface area contributed by atoms with Crippen LogP contribution in [0.15, 0.2) is 121 Å². The van der Waals surface area contributed by atoms with Crippen molar-refractivity contribution < 1.29 is 4.74 Å². The summed E-state index contributed by atoms with van der Waals surface area (Å²) in [5, 5.41) is 0. The fourth-order valence-electron chi connectivity index (χ4n) is 6.29. The minimum absolute atomic E-state index is 0.147. The molecule has 216 valence electrons. The molecule has 4 aromatic rings. The van der Waals surface area contributed by atoms with Gasteiger partial charge in [-0.15, -0.1) is 0 Å². The molecule has 41 heavy (non-hydrogen) atoms. The summed E-state index contributed by atoms with van der Waals surface area (Å²) < 4.78 is 6.51. The van der Waals surface area contributed by atoms with Crippen molar-refractivity contribution in [3.8, 4) is 0 Å². The fraction of sp³-hybridized carbons (Fsp3) is 0.400. The second kappa shape index (κ2) is 17.6. The van der Waals surface area contributed by atoms with Gasteiger partial charge in [-0.2, -0.15) is 0 Å². The van der Waals surface area contributed by atoms with Gasteiger partial charge in [0.15, 0.2) is 0 Å². The molecule has 0 saturated heterocycles. The van der Waals surface area contributed by atoms with E-state index in [1.165, 1.54) is 86.5 Å². The van der Waals surface area contributed by atoms with Crippen LogP contribution in [0, 0.1) is 0 Å². The standard InChI is InChI=1S/C40H50O/c1-2-3-4-5-6-20-31-39(41-34-35-23-12-7-13-24-35)32-21-11-22-33-40(36-25-14-8-15-26-36,37-27-16-9-17-28-37)38-29-18-10-19-30-38/h7-10,12-19,23-30,39H,2-6,11,20-22,31-34H2,1H3. The van der Waals surface area contributed by atoms with Crippen molar-refractivity contribution in [2.75, 3.05) is 0 Å². The van der Waals surface area contributed by atoms with Gasteiger partial charge in [-0.3, -0.25) is 0 Å². The van der Waals surface area contributed by atoms with Crippen LogP contribution in [0.5, 0.6) is 0 Å². The smallest absolute Gasteiger partial charge is 0.0720 e. The summed E-state index contributed by atoms with van der Waals surface area (Å²) in [6.07, 6.45) is 15.4. The van der Waals surface area contributed by atoms with Gasteiger partial charge in [-0.1, -0.05) is 186 Å². The summed E-state index contributed by atoms with van der Waals surface area (Å²) >= 11 is 0. The van der Waals surface area contributed by atoms with Crippen LogP contribution in [0.1, 0.15) is 106 Å². The Labute approximate surface area is 250 Å². The minimum Gasteiger partial charge on any atom is -0.374 e. The van der Waals surface area contributed by atoms with E-state index in [2.05, 4.69) is 128 Å². The Morgan fingerprint density at radius 2 is 0.902 bits per heavy atom. The van der Waals surface area contributed by atoms with Crippen LogP contribution >= 0.6 is 0 Å². The van der Waals surface area contributed by atoms with E-state index in [1.54, 1.807) is 0 Å². The van der Waals surface area contributed by atoms with Crippen molar-refractivity contribution in [1.82, 2.24) is 0 Å². The fourth-order valence-corrected chi connectivity index (χ4v) is 6.29. The highest BCUT2D eigenvalue weighted by Crippen LogP contribution is 2.43. The average Bonchev–Trinajstić information content (AvgIpc) is 3.04. The van der Waals surface area contributed by atoms with Crippen LogP contribution in [0.25, 0.3) is 0 Å². The zero-order valence-corrected chi connectivity index (χ0v) is 25.2. The van der Waals surface area contributed by atoms with Gasteiger partial charge in [0.1, 0.15) is 0 Å². The van der Waals surface area contributed by atoms with Crippen molar-refractivity contribution in [2.24, 2.45) is 0 Å². The van der Waals surface area contributed by atoms with Gasteiger partial charge in [-0.05, 0) is 41.5 Å². The highest BCUT2D eigenvalue weighted by Gasteiger charge is 2.35. The van der Waals surface area contributed by atoms with E-state index in [1.807, 2.05) is 0 Å². The maximum Gasteiger partial charge on any atom is 0.0720 e. The predicted octanol–water partition coefficient (Wildman–Crippen LogP) is 11.3. The molecular formula is C40H50O. The van der Waals surface area contributed by atoms with Crippen LogP contribution in [0.4, 0.5) is 0 Å². The van der Waals surface area contributed by atoms with Crippen molar-refractivity contribution in [3.05, 3.63) is 144 Å². The zero-order chi connectivity index (χ0) is 28.4. The average molecular weight is 547 g/mol. The molecule has 0 aromatic heterocycles. The van der Waals surface area contributed by atoms with Crippen molar-refractivity contribution in [1.29, 1.82) is 0 Å². The topological polar surface area (TPSA) is 9.23 Å². The summed E-state index contributed by atoms with van der Waals surface area (Å²) in [5.74, 6) is 0. The number of rotatable bonds is 19. The monoisotopic (exact) mass is 546 g/mol. The molecule has 0 amide bonds. The molecule has 4 rings (SSSR count). The van der Waals surface area contributed by atoms with E-state index < -0.39 is 0 Å². The largest absolute Gasteiger partial charge is 0.374 e. The second-order valence-electron chi connectivity index (χ2n) is 11.6. The normalized spacial score (nSPS) is 12.3. The molecule has 1 atom stereocenters. The third-order valence-electron chi connectivity index (χ3n) is 8.59. The van der Waals surface area contributed by atoms with Gasteiger partial charge in [0.2, 0.25) is 0 Å². The number of ether oxygens (including phenoxy) is 1. The Morgan fingerprint density at radius 3 is 1.39 bits per heavy atom. The van der Waals surface area contributed by atoms with E-state index >= 15 is 0 Å². The Morgan fingerprint density at radius 1 is 0.488 bits per heavy atom. The maximum absolute atomic E-state index is 6.51. The van der Waals surface area contributed by atoms with E-state index in [0.717, 1.165) is 19.4 Å². The van der Waals surface area contributed by atoms with Gasteiger partial charge in [0.25, 0.3) is 0 Å². The summed E-state index contributed by atoms with van der Waals surface area (Å²) in [4.78, 5) is 0. The first-order valence-corrected chi connectivity index (χ1v) is 16.1. The first kappa shape index (κ1) is 30.8. The highest BCUT2D eigenvalue weighted by atomic mass is 16.5. The molecule has 0 aliphatic carbocycles. The van der Waals surface area contributed by atoms with Gasteiger partial charge < -0.3 is 4.74 Å². The Hall–Kier alpha value is -3.16. The van der Waals surface area contributed by atoms with E-state index in [0.29, 0.717) is 6.10 Å². The Balaban J connectivity index is 1.40. The quantitative estimate of drug-likeness (QED) is 0.0839.